The number of amides is 1. The fourth-order valence-corrected chi connectivity index (χ4v) is 5.03. The van der Waals surface area contributed by atoms with Crippen LogP contribution in [0.15, 0.2) is 24.4 Å². The van der Waals surface area contributed by atoms with Crippen LogP contribution in [0.2, 0.25) is 0 Å². The van der Waals surface area contributed by atoms with Gasteiger partial charge in [-0.3, -0.25) is 9.78 Å². The zero-order chi connectivity index (χ0) is 18.6. The first-order valence-corrected chi connectivity index (χ1v) is 10.6. The van der Waals surface area contributed by atoms with Crippen molar-refractivity contribution in [1.29, 1.82) is 0 Å². The number of hydrogen-bond donors (Lipinski definition) is 1. The largest absolute Gasteiger partial charge is 0.300 e. The molecule has 3 aromatic rings. The number of carbonyl (C=O) groups is 1. The van der Waals surface area contributed by atoms with Gasteiger partial charge >= 0.3 is 0 Å². The van der Waals surface area contributed by atoms with Gasteiger partial charge in [0.05, 0.1) is 6.42 Å². The summed E-state index contributed by atoms with van der Waals surface area (Å²) in [6.45, 7) is 1.99. The molecule has 0 saturated heterocycles. The average molecular weight is 401 g/mol. The Morgan fingerprint density at radius 1 is 1.07 bits per heavy atom. The Hall–Kier alpha value is -2.26. The third-order valence-corrected chi connectivity index (χ3v) is 6.33. The second kappa shape index (κ2) is 8.18. The van der Waals surface area contributed by atoms with Crippen molar-refractivity contribution in [3.63, 3.8) is 0 Å². The van der Waals surface area contributed by atoms with Gasteiger partial charge < -0.3 is 5.32 Å². The highest BCUT2D eigenvalue weighted by atomic mass is 32.1. The fourth-order valence-electron chi connectivity index (χ4n) is 3.34. The topological polar surface area (TPSA) is 93.5 Å². The summed E-state index contributed by atoms with van der Waals surface area (Å²) in [7, 11) is 0. The van der Waals surface area contributed by atoms with E-state index in [0.717, 1.165) is 33.6 Å². The van der Waals surface area contributed by atoms with Crippen molar-refractivity contribution in [2.45, 2.75) is 39.0 Å². The number of pyridine rings is 1. The fraction of sp³-hybridized carbons (Fsp3) is 0.444. The van der Waals surface area contributed by atoms with Crippen LogP contribution in [0, 0.1) is 18.8 Å². The lowest BCUT2D eigenvalue weighted by atomic mass is 9.72. The Kier molecular flexibility index (Phi) is 5.49. The molecule has 27 heavy (non-hydrogen) atoms. The second-order valence-electron chi connectivity index (χ2n) is 6.87. The minimum absolute atomic E-state index is 0.118. The highest BCUT2D eigenvalue weighted by molar-refractivity contribution is 7.15. The van der Waals surface area contributed by atoms with Gasteiger partial charge in [0.1, 0.15) is 15.0 Å². The first-order valence-electron chi connectivity index (χ1n) is 8.95. The molecule has 1 aliphatic carbocycles. The summed E-state index contributed by atoms with van der Waals surface area (Å²) in [6.07, 6.45) is 6.28. The zero-order valence-corrected chi connectivity index (χ0v) is 16.6. The maximum absolute atomic E-state index is 12.1. The molecule has 1 aliphatic rings. The van der Waals surface area contributed by atoms with Crippen LogP contribution in [0.1, 0.15) is 33.6 Å². The molecular weight excluding hydrogens is 380 g/mol. The van der Waals surface area contributed by atoms with Gasteiger partial charge in [-0.05, 0) is 43.7 Å². The molecule has 140 valence electrons. The average Bonchev–Trinajstić information content (AvgIpc) is 3.22. The van der Waals surface area contributed by atoms with E-state index in [0.29, 0.717) is 17.0 Å². The molecule has 1 saturated carbocycles. The van der Waals surface area contributed by atoms with Crippen LogP contribution in [-0.2, 0) is 24.1 Å². The summed E-state index contributed by atoms with van der Waals surface area (Å²) < 4.78 is 0. The maximum atomic E-state index is 12.1. The number of nitrogens with zero attached hydrogens (tertiary/aromatic N) is 5. The molecule has 0 bridgehead atoms. The minimum Gasteiger partial charge on any atom is -0.300 e. The lowest BCUT2D eigenvalue weighted by molar-refractivity contribution is -0.115. The SMILES string of the molecule is Cc1nnc(CC2CC(Cc3nnc(NC(=O)Cc4ccccn4)s3)C2)s1. The summed E-state index contributed by atoms with van der Waals surface area (Å²) in [6, 6.07) is 5.54. The molecule has 7 nitrogen and oxygen atoms in total. The van der Waals surface area contributed by atoms with Gasteiger partial charge in [-0.1, -0.05) is 17.4 Å². The van der Waals surface area contributed by atoms with Crippen molar-refractivity contribution >= 4 is 33.7 Å². The summed E-state index contributed by atoms with van der Waals surface area (Å²) in [5.74, 6) is 1.23. The van der Waals surface area contributed by atoms with Crippen LogP contribution in [0.4, 0.5) is 5.13 Å². The highest BCUT2D eigenvalue weighted by Gasteiger charge is 2.31. The molecule has 9 heteroatoms. The monoisotopic (exact) mass is 400 g/mol. The summed E-state index contributed by atoms with van der Waals surface area (Å²) >= 11 is 3.16. The summed E-state index contributed by atoms with van der Waals surface area (Å²) in [4.78, 5) is 16.2. The first kappa shape index (κ1) is 18.1. The van der Waals surface area contributed by atoms with Crippen molar-refractivity contribution in [3.8, 4) is 0 Å². The van der Waals surface area contributed by atoms with Crippen molar-refractivity contribution in [3.05, 3.63) is 45.1 Å². The van der Waals surface area contributed by atoms with Crippen LogP contribution >= 0.6 is 22.7 Å². The van der Waals surface area contributed by atoms with Gasteiger partial charge in [0, 0.05) is 24.7 Å². The van der Waals surface area contributed by atoms with Crippen LogP contribution in [0.25, 0.3) is 0 Å². The van der Waals surface area contributed by atoms with E-state index in [1.165, 1.54) is 24.2 Å². The van der Waals surface area contributed by atoms with Gasteiger partial charge in [0.2, 0.25) is 11.0 Å². The predicted octanol–water partition coefficient (Wildman–Crippen LogP) is 3.09. The van der Waals surface area contributed by atoms with E-state index in [1.54, 1.807) is 17.5 Å². The molecule has 4 rings (SSSR count). The van der Waals surface area contributed by atoms with E-state index in [2.05, 4.69) is 30.7 Å². The molecule has 1 N–H and O–H groups in total. The van der Waals surface area contributed by atoms with Gasteiger partial charge in [-0.25, -0.2) is 0 Å². The summed E-state index contributed by atoms with van der Waals surface area (Å²) in [5, 5.41) is 23.2. The minimum atomic E-state index is -0.118. The van der Waals surface area contributed by atoms with Crippen molar-refractivity contribution in [1.82, 2.24) is 25.4 Å². The van der Waals surface area contributed by atoms with Gasteiger partial charge in [0.15, 0.2) is 0 Å². The van der Waals surface area contributed by atoms with Crippen LogP contribution in [0.5, 0.6) is 0 Å². The highest BCUT2D eigenvalue weighted by Crippen LogP contribution is 2.39. The third kappa shape index (κ3) is 4.92. The Labute approximate surface area is 165 Å². The second-order valence-corrected chi connectivity index (χ2v) is 9.20. The molecule has 0 aliphatic heterocycles. The molecule has 0 unspecified atom stereocenters. The molecule has 1 fully saturated rings. The zero-order valence-electron chi connectivity index (χ0n) is 15.0. The Morgan fingerprint density at radius 3 is 2.48 bits per heavy atom. The number of carbonyl (C=O) groups excluding carboxylic acids is 1. The van der Waals surface area contributed by atoms with E-state index in [9.17, 15) is 4.79 Å². The predicted molar refractivity (Wildman–Crippen MR) is 105 cm³/mol. The van der Waals surface area contributed by atoms with Crippen molar-refractivity contribution in [2.24, 2.45) is 11.8 Å². The number of aryl methyl sites for hydroxylation is 1. The van der Waals surface area contributed by atoms with E-state index in [-0.39, 0.29) is 12.3 Å². The lowest BCUT2D eigenvalue weighted by Gasteiger charge is -2.34. The number of rotatable bonds is 7. The smallest absolute Gasteiger partial charge is 0.232 e. The van der Waals surface area contributed by atoms with E-state index >= 15 is 0 Å². The van der Waals surface area contributed by atoms with E-state index < -0.39 is 0 Å². The normalized spacial score (nSPS) is 18.9. The van der Waals surface area contributed by atoms with Crippen molar-refractivity contribution in [2.75, 3.05) is 5.32 Å². The van der Waals surface area contributed by atoms with Crippen LogP contribution < -0.4 is 5.32 Å². The molecule has 3 heterocycles. The summed E-state index contributed by atoms with van der Waals surface area (Å²) in [5.41, 5.74) is 0.742. The first-order chi connectivity index (χ1) is 13.1. The van der Waals surface area contributed by atoms with E-state index in [4.69, 9.17) is 0 Å². The molecule has 0 radical (unpaired) electrons. The number of hydrogen-bond acceptors (Lipinski definition) is 8. The van der Waals surface area contributed by atoms with Crippen LogP contribution in [0.3, 0.4) is 0 Å². The lowest BCUT2D eigenvalue weighted by Crippen LogP contribution is -2.27. The number of aromatic nitrogens is 5. The molecule has 3 aromatic heterocycles. The molecular formula is C18H20N6OS2. The Bertz CT molecular complexity index is 903. The third-order valence-electron chi connectivity index (χ3n) is 4.61. The quantitative estimate of drug-likeness (QED) is 0.655. The number of anilines is 1. The van der Waals surface area contributed by atoms with E-state index in [1.807, 2.05) is 25.1 Å². The van der Waals surface area contributed by atoms with Gasteiger partial charge in [-0.15, -0.1) is 31.7 Å². The molecule has 0 aromatic carbocycles. The standard InChI is InChI=1S/C18H20N6OS2/c1-11-21-22-16(26-11)8-12-6-13(7-12)9-17-23-24-18(27-17)20-15(25)10-14-4-2-3-5-19-14/h2-5,12-13H,6-10H2,1H3,(H,20,24,25). The molecule has 0 spiro atoms. The number of nitrogens with one attached hydrogen (secondary N) is 1. The van der Waals surface area contributed by atoms with Crippen molar-refractivity contribution < 1.29 is 4.79 Å². The molecule has 0 atom stereocenters. The van der Waals surface area contributed by atoms with Gasteiger partial charge in [-0.2, -0.15) is 0 Å². The Morgan fingerprint density at radius 2 is 1.81 bits per heavy atom. The van der Waals surface area contributed by atoms with Gasteiger partial charge in [0.25, 0.3) is 0 Å². The van der Waals surface area contributed by atoms with Crippen LogP contribution in [-0.4, -0.2) is 31.3 Å². The maximum Gasteiger partial charge on any atom is 0.232 e. The molecule has 1 amide bonds. The Balaban J connectivity index is 1.21.